The molecule has 9 nitrogen and oxygen atoms in total. The first-order chi connectivity index (χ1) is 18.6. The Morgan fingerprint density at radius 2 is 1.55 bits per heavy atom. The minimum Gasteiger partial charge on any atom is -0.457 e. The number of nitrogens with zero attached hydrogens (tertiary/aromatic N) is 3. The zero-order valence-electron chi connectivity index (χ0n) is 21.1. The van der Waals surface area contributed by atoms with Crippen molar-refractivity contribution in [3.05, 3.63) is 79.0 Å². The molecule has 9 heteroatoms. The second-order valence-electron chi connectivity index (χ2n) is 9.63. The van der Waals surface area contributed by atoms with Gasteiger partial charge in [-0.2, -0.15) is 5.10 Å². The maximum atomic E-state index is 12.6. The third-order valence-corrected chi connectivity index (χ3v) is 6.98. The Bertz CT molecular complexity index is 1370. The van der Waals surface area contributed by atoms with E-state index in [1.165, 1.54) is 0 Å². The van der Waals surface area contributed by atoms with Crippen molar-refractivity contribution in [3.8, 4) is 11.5 Å². The number of ether oxygens (including phenoxy) is 3. The number of aromatic nitrogens is 2. The molecule has 2 saturated heterocycles. The summed E-state index contributed by atoms with van der Waals surface area (Å²) in [5, 5.41) is 11.4. The van der Waals surface area contributed by atoms with E-state index in [-0.39, 0.29) is 11.8 Å². The number of piperidine rings is 1. The first-order valence-electron chi connectivity index (χ1n) is 13.0. The Balaban J connectivity index is 0.999. The van der Waals surface area contributed by atoms with E-state index in [0.29, 0.717) is 30.3 Å². The van der Waals surface area contributed by atoms with Gasteiger partial charge in [0.05, 0.1) is 25.3 Å². The molecule has 3 heterocycles. The van der Waals surface area contributed by atoms with Crippen molar-refractivity contribution < 1.29 is 19.0 Å². The van der Waals surface area contributed by atoms with E-state index in [0.717, 1.165) is 55.7 Å². The second-order valence-corrected chi connectivity index (χ2v) is 9.63. The highest BCUT2D eigenvalue weighted by Crippen LogP contribution is 2.31. The molecule has 1 spiro atoms. The van der Waals surface area contributed by atoms with Crippen LogP contribution in [0.2, 0.25) is 0 Å². The summed E-state index contributed by atoms with van der Waals surface area (Å²) in [5.74, 6) is 1.12. The first kappa shape index (κ1) is 24.4. The van der Waals surface area contributed by atoms with Crippen molar-refractivity contribution in [2.75, 3.05) is 43.5 Å². The van der Waals surface area contributed by atoms with Gasteiger partial charge in [0.25, 0.3) is 0 Å². The lowest BCUT2D eigenvalue weighted by Gasteiger charge is -2.37. The highest BCUT2D eigenvalue weighted by Gasteiger charge is 2.39. The minimum atomic E-state index is -0.340. The standard InChI is InChI=1S/C29H31N5O4/c35-28(30-23-6-9-26(10-7-23)38-25-4-2-1-3-5-25)31-24-8-11-27-22(20-24)21-34(32-27)17-16-33-14-12-29(13-15-33)36-18-19-37-29/h1-11,20-21H,12-19H2,(H2,30,31,35). The fraction of sp³-hybridized carbons (Fsp3) is 0.310. The number of likely N-dealkylation sites (tertiary alicyclic amines) is 1. The number of hydrogen-bond donors (Lipinski definition) is 2. The van der Waals surface area contributed by atoms with Crippen LogP contribution in [0.5, 0.6) is 11.5 Å². The number of anilines is 2. The van der Waals surface area contributed by atoms with Gasteiger partial charge in [0, 0.05) is 55.4 Å². The summed E-state index contributed by atoms with van der Waals surface area (Å²) < 4.78 is 19.4. The highest BCUT2D eigenvalue weighted by molar-refractivity contribution is 6.00. The van der Waals surface area contributed by atoms with E-state index in [1.807, 2.05) is 71.5 Å². The molecule has 0 unspecified atom stereocenters. The van der Waals surface area contributed by atoms with Crippen molar-refractivity contribution in [2.24, 2.45) is 0 Å². The number of fused-ring (bicyclic) bond motifs is 1. The lowest BCUT2D eigenvalue weighted by Crippen LogP contribution is -2.45. The minimum absolute atomic E-state index is 0.313. The van der Waals surface area contributed by atoms with Crippen molar-refractivity contribution in [2.45, 2.75) is 25.2 Å². The molecule has 0 bridgehead atoms. The summed E-state index contributed by atoms with van der Waals surface area (Å²) in [6.07, 6.45) is 3.85. The summed E-state index contributed by atoms with van der Waals surface area (Å²) in [6, 6.07) is 22.2. The number of benzene rings is 3. The molecule has 1 aromatic heterocycles. The molecule has 0 saturated carbocycles. The molecule has 2 aliphatic heterocycles. The van der Waals surface area contributed by atoms with Gasteiger partial charge >= 0.3 is 6.03 Å². The lowest BCUT2D eigenvalue weighted by atomic mass is 10.0. The summed E-state index contributed by atoms with van der Waals surface area (Å²) in [6.45, 7) is 5.06. The van der Waals surface area contributed by atoms with E-state index >= 15 is 0 Å². The maximum Gasteiger partial charge on any atom is 0.323 e. The van der Waals surface area contributed by atoms with Crippen LogP contribution < -0.4 is 15.4 Å². The molecule has 2 amide bonds. The normalized spacial score (nSPS) is 17.1. The Labute approximate surface area is 221 Å². The Morgan fingerprint density at radius 3 is 2.32 bits per heavy atom. The number of carbonyl (C=O) groups excluding carboxylic acids is 1. The van der Waals surface area contributed by atoms with Gasteiger partial charge in [0.1, 0.15) is 11.5 Å². The molecule has 2 N–H and O–H groups in total. The number of para-hydroxylation sites is 1. The van der Waals surface area contributed by atoms with Gasteiger partial charge in [0.2, 0.25) is 0 Å². The molecule has 2 fully saturated rings. The molecule has 3 aromatic carbocycles. The van der Waals surface area contributed by atoms with Crippen LogP contribution in [-0.2, 0) is 16.0 Å². The van der Waals surface area contributed by atoms with Gasteiger partial charge < -0.3 is 29.7 Å². The molecule has 2 aliphatic rings. The number of hydrogen-bond acceptors (Lipinski definition) is 6. The summed E-state index contributed by atoms with van der Waals surface area (Å²) in [4.78, 5) is 15.0. The molecule has 0 radical (unpaired) electrons. The van der Waals surface area contributed by atoms with Gasteiger partial charge in [-0.3, -0.25) is 4.68 Å². The van der Waals surface area contributed by atoms with Gasteiger partial charge in [-0.15, -0.1) is 0 Å². The zero-order valence-corrected chi connectivity index (χ0v) is 21.1. The summed E-state index contributed by atoms with van der Waals surface area (Å²) in [5.41, 5.74) is 2.28. The van der Waals surface area contributed by atoms with Crippen molar-refractivity contribution >= 4 is 28.3 Å². The monoisotopic (exact) mass is 513 g/mol. The van der Waals surface area contributed by atoms with Gasteiger partial charge in [-0.05, 0) is 54.6 Å². The average molecular weight is 514 g/mol. The molecule has 196 valence electrons. The third kappa shape index (κ3) is 5.80. The van der Waals surface area contributed by atoms with E-state index in [4.69, 9.17) is 19.3 Å². The predicted molar refractivity (Wildman–Crippen MR) is 146 cm³/mol. The fourth-order valence-corrected chi connectivity index (χ4v) is 4.94. The Kier molecular flexibility index (Phi) is 6.96. The lowest BCUT2D eigenvalue weighted by molar-refractivity contribution is -0.185. The van der Waals surface area contributed by atoms with Crippen LogP contribution in [0.3, 0.4) is 0 Å². The average Bonchev–Trinajstić information content (AvgIpc) is 3.57. The van der Waals surface area contributed by atoms with Gasteiger partial charge in [-0.1, -0.05) is 18.2 Å². The van der Waals surface area contributed by atoms with Crippen LogP contribution in [0.4, 0.5) is 16.2 Å². The quantitative estimate of drug-likeness (QED) is 0.348. The number of rotatable bonds is 7. The summed E-state index contributed by atoms with van der Waals surface area (Å²) >= 11 is 0. The second kappa shape index (κ2) is 10.8. The van der Waals surface area contributed by atoms with Crippen LogP contribution in [-0.4, -0.2) is 59.3 Å². The fourth-order valence-electron chi connectivity index (χ4n) is 4.94. The van der Waals surface area contributed by atoms with Crippen LogP contribution in [0.1, 0.15) is 12.8 Å². The van der Waals surface area contributed by atoms with E-state index in [2.05, 4.69) is 15.5 Å². The van der Waals surface area contributed by atoms with E-state index in [1.54, 1.807) is 12.1 Å². The first-order valence-corrected chi connectivity index (χ1v) is 13.0. The molecular formula is C29H31N5O4. The predicted octanol–water partition coefficient (Wildman–Crippen LogP) is 5.31. The van der Waals surface area contributed by atoms with Crippen molar-refractivity contribution in [1.29, 1.82) is 0 Å². The third-order valence-electron chi connectivity index (χ3n) is 6.98. The molecule has 6 rings (SSSR count). The van der Waals surface area contributed by atoms with Crippen LogP contribution in [0.15, 0.2) is 79.0 Å². The van der Waals surface area contributed by atoms with E-state index in [9.17, 15) is 4.79 Å². The number of carbonyl (C=O) groups is 1. The molecule has 0 aliphatic carbocycles. The Hall–Kier alpha value is -3.92. The van der Waals surface area contributed by atoms with E-state index < -0.39 is 0 Å². The number of nitrogens with one attached hydrogen (secondary N) is 2. The Morgan fingerprint density at radius 1 is 0.868 bits per heavy atom. The number of amides is 2. The molecule has 4 aromatic rings. The maximum absolute atomic E-state index is 12.6. The SMILES string of the molecule is O=C(Nc1ccc(Oc2ccccc2)cc1)Nc1ccc2nn(CCN3CCC4(CC3)OCCO4)cc2c1. The van der Waals surface area contributed by atoms with Crippen LogP contribution >= 0.6 is 0 Å². The van der Waals surface area contributed by atoms with Gasteiger partial charge in [-0.25, -0.2) is 4.79 Å². The summed E-state index contributed by atoms with van der Waals surface area (Å²) in [7, 11) is 0. The smallest absolute Gasteiger partial charge is 0.323 e. The molecule has 38 heavy (non-hydrogen) atoms. The topological polar surface area (TPSA) is 89.9 Å². The van der Waals surface area contributed by atoms with Crippen LogP contribution in [0.25, 0.3) is 10.9 Å². The number of urea groups is 1. The highest BCUT2D eigenvalue weighted by atomic mass is 16.7. The van der Waals surface area contributed by atoms with Crippen LogP contribution in [0, 0.1) is 0 Å². The largest absolute Gasteiger partial charge is 0.457 e. The van der Waals surface area contributed by atoms with Crippen molar-refractivity contribution in [1.82, 2.24) is 14.7 Å². The zero-order chi connectivity index (χ0) is 25.8. The van der Waals surface area contributed by atoms with Crippen molar-refractivity contribution in [3.63, 3.8) is 0 Å². The molecular weight excluding hydrogens is 482 g/mol. The van der Waals surface area contributed by atoms with Gasteiger partial charge in [0.15, 0.2) is 5.79 Å². The molecule has 0 atom stereocenters.